The van der Waals surface area contributed by atoms with Crippen LogP contribution in [0.3, 0.4) is 0 Å². The smallest absolute Gasteiger partial charge is 0.390 e. The van der Waals surface area contributed by atoms with Crippen molar-refractivity contribution in [1.29, 1.82) is 0 Å². The number of aromatic nitrogens is 3. The third-order valence-corrected chi connectivity index (χ3v) is 10.7. The number of nitrogens with two attached hydrogens (primary N) is 1. The monoisotopic (exact) mass is 758 g/mol. The van der Waals surface area contributed by atoms with Crippen molar-refractivity contribution in [1.82, 2.24) is 14.6 Å². The van der Waals surface area contributed by atoms with Crippen LogP contribution in [0.4, 0.5) is 5.82 Å². The first kappa shape index (κ1) is 43.1. The summed E-state index contributed by atoms with van der Waals surface area (Å²) in [6, 6.07) is 13.3. The Balaban J connectivity index is 1.12. The van der Waals surface area contributed by atoms with E-state index in [1.807, 2.05) is 43.3 Å². The summed E-state index contributed by atoms with van der Waals surface area (Å²) in [5.41, 5.74) is 7.28. The summed E-state index contributed by atoms with van der Waals surface area (Å²) in [6.07, 6.45) is 21.3. The minimum absolute atomic E-state index is 0.208. The van der Waals surface area contributed by atoms with Crippen LogP contribution in [0.5, 0.6) is 0 Å². The van der Waals surface area contributed by atoms with Crippen molar-refractivity contribution in [3.8, 4) is 0 Å². The summed E-state index contributed by atoms with van der Waals surface area (Å²) < 4.78 is 43.4. The van der Waals surface area contributed by atoms with Crippen LogP contribution in [-0.4, -0.2) is 69.3 Å². The summed E-state index contributed by atoms with van der Waals surface area (Å²) >= 11 is 0. The SMILES string of the molecule is CCCCCCCC/C=C/CCCCCCCCOC[C@H](COP(=O)(O)OC[C@H]1O[C@@](C)(c2ccc3c(N)ncnn23)C[C@@H]1O)OCc1ccccc1. The van der Waals surface area contributed by atoms with Crippen molar-refractivity contribution in [3.05, 3.63) is 72.2 Å². The molecule has 13 heteroatoms. The molecule has 1 fully saturated rings. The lowest BCUT2D eigenvalue weighted by Gasteiger charge is -2.25. The average Bonchev–Trinajstić information content (AvgIpc) is 3.73. The molecule has 4 rings (SSSR count). The van der Waals surface area contributed by atoms with E-state index in [1.54, 1.807) is 10.6 Å². The van der Waals surface area contributed by atoms with Gasteiger partial charge in [-0.15, -0.1) is 0 Å². The van der Waals surface area contributed by atoms with E-state index in [4.69, 9.17) is 29.0 Å². The lowest BCUT2D eigenvalue weighted by atomic mass is 9.97. The van der Waals surface area contributed by atoms with Crippen LogP contribution in [0.1, 0.15) is 121 Å². The lowest BCUT2D eigenvalue weighted by molar-refractivity contribution is -0.0739. The quantitative estimate of drug-likeness (QED) is 0.0370. The fraction of sp³-hybridized carbons (Fsp3) is 0.650. The number of hydrogen-bond acceptors (Lipinski definition) is 10. The van der Waals surface area contributed by atoms with Gasteiger partial charge in [-0.05, 0) is 56.7 Å². The molecule has 0 radical (unpaired) electrons. The second-order valence-corrected chi connectivity index (χ2v) is 15.8. The maximum Gasteiger partial charge on any atom is 0.472 e. The Bertz CT molecular complexity index is 1520. The number of nitrogen functional groups attached to an aromatic ring is 1. The van der Waals surface area contributed by atoms with Gasteiger partial charge in [0.15, 0.2) is 5.82 Å². The Hall–Kier alpha value is -2.67. The molecule has 0 saturated carbocycles. The zero-order chi connectivity index (χ0) is 37.8. The van der Waals surface area contributed by atoms with Gasteiger partial charge in [0.05, 0.1) is 38.2 Å². The number of fused-ring (bicyclic) bond motifs is 1. The van der Waals surface area contributed by atoms with Gasteiger partial charge in [-0.3, -0.25) is 9.05 Å². The molecule has 5 atom stereocenters. The van der Waals surface area contributed by atoms with Crippen LogP contribution in [0.25, 0.3) is 5.52 Å². The molecule has 1 unspecified atom stereocenters. The first-order chi connectivity index (χ1) is 25.7. The molecule has 4 N–H and O–H groups in total. The van der Waals surface area contributed by atoms with Gasteiger partial charge in [-0.2, -0.15) is 5.10 Å². The Morgan fingerprint density at radius 1 is 0.962 bits per heavy atom. The molecule has 1 saturated heterocycles. The Morgan fingerprint density at radius 2 is 1.64 bits per heavy atom. The number of aliphatic hydroxyl groups excluding tert-OH is 1. The van der Waals surface area contributed by atoms with Crippen molar-refractivity contribution in [2.75, 3.05) is 32.2 Å². The molecular formula is C40H63N4O8P. The minimum Gasteiger partial charge on any atom is -0.390 e. The highest BCUT2D eigenvalue weighted by atomic mass is 31.2. The zero-order valence-electron chi connectivity index (χ0n) is 31.9. The van der Waals surface area contributed by atoms with Crippen LogP contribution in [0.2, 0.25) is 0 Å². The van der Waals surface area contributed by atoms with Crippen molar-refractivity contribution in [3.63, 3.8) is 0 Å². The molecule has 0 spiro atoms. The molecule has 1 aliphatic rings. The van der Waals surface area contributed by atoms with Crippen LogP contribution in [-0.2, 0) is 40.0 Å². The largest absolute Gasteiger partial charge is 0.472 e. The third kappa shape index (κ3) is 15.2. The van der Waals surface area contributed by atoms with E-state index in [-0.39, 0.29) is 26.2 Å². The van der Waals surface area contributed by atoms with Gasteiger partial charge in [0, 0.05) is 13.0 Å². The predicted molar refractivity (Wildman–Crippen MR) is 207 cm³/mol. The van der Waals surface area contributed by atoms with E-state index in [1.165, 1.54) is 83.4 Å². The lowest BCUT2D eigenvalue weighted by Crippen LogP contribution is -2.29. The summed E-state index contributed by atoms with van der Waals surface area (Å²) in [5, 5.41) is 15.1. The van der Waals surface area contributed by atoms with Gasteiger partial charge in [-0.1, -0.05) is 107 Å². The molecule has 3 aromatic rings. The summed E-state index contributed by atoms with van der Waals surface area (Å²) in [5.74, 6) is 0.321. The predicted octanol–water partition coefficient (Wildman–Crippen LogP) is 8.45. The number of rotatable bonds is 28. The summed E-state index contributed by atoms with van der Waals surface area (Å²) in [7, 11) is -4.52. The number of phosphoric acid groups is 1. The topological polar surface area (TPSA) is 160 Å². The molecule has 1 aromatic carbocycles. The van der Waals surface area contributed by atoms with Crippen molar-refractivity contribution < 1.29 is 37.8 Å². The molecule has 53 heavy (non-hydrogen) atoms. The fourth-order valence-corrected chi connectivity index (χ4v) is 7.40. The second kappa shape index (κ2) is 23.3. The van der Waals surface area contributed by atoms with Gasteiger partial charge < -0.3 is 29.9 Å². The highest BCUT2D eigenvalue weighted by Crippen LogP contribution is 2.46. The third-order valence-electron chi connectivity index (χ3n) is 9.72. The zero-order valence-corrected chi connectivity index (χ0v) is 32.8. The minimum atomic E-state index is -4.52. The van der Waals surface area contributed by atoms with E-state index in [0.29, 0.717) is 30.2 Å². The molecule has 2 aromatic heterocycles. The normalized spacial score (nSPS) is 20.8. The highest BCUT2D eigenvalue weighted by Gasteiger charge is 2.46. The Kier molecular flexibility index (Phi) is 18.9. The molecule has 3 heterocycles. The van der Waals surface area contributed by atoms with Crippen LogP contribution in [0.15, 0.2) is 60.9 Å². The van der Waals surface area contributed by atoms with Gasteiger partial charge in [0.25, 0.3) is 0 Å². The number of allylic oxidation sites excluding steroid dienone is 2. The van der Waals surface area contributed by atoms with Gasteiger partial charge in [0.2, 0.25) is 0 Å². The van der Waals surface area contributed by atoms with Gasteiger partial charge in [0.1, 0.15) is 29.7 Å². The second-order valence-electron chi connectivity index (χ2n) is 14.3. The van der Waals surface area contributed by atoms with E-state index in [9.17, 15) is 14.6 Å². The van der Waals surface area contributed by atoms with E-state index in [2.05, 4.69) is 29.2 Å². The van der Waals surface area contributed by atoms with Crippen LogP contribution < -0.4 is 5.73 Å². The number of benzene rings is 1. The number of hydrogen-bond donors (Lipinski definition) is 3. The van der Waals surface area contributed by atoms with Gasteiger partial charge in [-0.25, -0.2) is 14.1 Å². The number of phosphoric ester groups is 1. The van der Waals surface area contributed by atoms with Gasteiger partial charge >= 0.3 is 7.82 Å². The highest BCUT2D eigenvalue weighted by molar-refractivity contribution is 7.47. The molecule has 296 valence electrons. The number of ether oxygens (including phenoxy) is 3. The van der Waals surface area contributed by atoms with Crippen molar-refractivity contribution in [2.45, 2.75) is 141 Å². The molecular weight excluding hydrogens is 695 g/mol. The molecule has 0 bridgehead atoms. The van der Waals surface area contributed by atoms with Crippen LogP contribution in [0, 0.1) is 0 Å². The first-order valence-corrected chi connectivity index (χ1v) is 21.1. The van der Waals surface area contributed by atoms with E-state index >= 15 is 0 Å². The molecule has 12 nitrogen and oxygen atoms in total. The summed E-state index contributed by atoms with van der Waals surface area (Å²) in [6.45, 7) is 4.59. The number of aliphatic hydroxyl groups is 1. The van der Waals surface area contributed by atoms with Crippen molar-refractivity contribution >= 4 is 19.2 Å². The molecule has 1 aliphatic heterocycles. The standard InChI is InChI=1S/C40H63N4O8P/c1-3-4-5-6-7-8-9-10-11-12-13-14-15-16-17-21-26-48-29-34(49-28-33-22-19-18-20-23-33)30-50-53(46,47)51-31-37-36(45)27-40(2,52-37)38-25-24-35-39(41)42-32-43-44(35)38/h10-11,18-20,22-25,32,34,36-37,45H,3-9,12-17,21,26-31H2,1-2H3,(H,46,47)(H2,41,42,43)/b11-10+/t34-,36+,37-,40-/m1/s1. The average molecular weight is 759 g/mol. The van der Waals surface area contributed by atoms with Crippen LogP contribution >= 0.6 is 7.82 Å². The maximum absolute atomic E-state index is 12.9. The number of unbranched alkanes of at least 4 members (excludes halogenated alkanes) is 12. The maximum atomic E-state index is 12.9. The van der Waals surface area contributed by atoms with E-state index in [0.717, 1.165) is 18.4 Å². The van der Waals surface area contributed by atoms with Crippen molar-refractivity contribution in [2.24, 2.45) is 0 Å². The van der Waals surface area contributed by atoms with E-state index < -0.39 is 31.7 Å². The first-order valence-electron chi connectivity index (χ1n) is 19.7. The Labute approximate surface area is 316 Å². The Morgan fingerprint density at radius 3 is 2.36 bits per heavy atom. The molecule has 0 aliphatic carbocycles. The fourth-order valence-electron chi connectivity index (χ4n) is 6.64. The number of anilines is 1. The molecule has 0 amide bonds. The summed E-state index contributed by atoms with van der Waals surface area (Å²) in [4.78, 5) is 14.6. The number of nitrogens with zero attached hydrogens (tertiary/aromatic N) is 3.